The number of benzene rings is 1. The molecule has 2 nitrogen and oxygen atoms in total. The number of hydrogen-bond donors (Lipinski definition) is 1. The van der Waals surface area contributed by atoms with Gasteiger partial charge in [-0.3, -0.25) is 0 Å². The molecule has 0 saturated carbocycles. The summed E-state index contributed by atoms with van der Waals surface area (Å²) in [5.41, 5.74) is 2.91. The van der Waals surface area contributed by atoms with Gasteiger partial charge in [0.25, 0.3) is 0 Å². The molecule has 1 N–H and O–H groups in total. The van der Waals surface area contributed by atoms with E-state index in [-0.39, 0.29) is 5.41 Å². The number of rotatable bonds is 0. The van der Waals surface area contributed by atoms with Gasteiger partial charge in [0.1, 0.15) is 11.9 Å². The molecule has 2 aliphatic heterocycles. The molecule has 2 unspecified atom stereocenters. The van der Waals surface area contributed by atoms with Crippen LogP contribution in [0.3, 0.4) is 0 Å². The zero-order chi connectivity index (χ0) is 10.5. The van der Waals surface area contributed by atoms with Gasteiger partial charge in [0.15, 0.2) is 0 Å². The average molecular weight is 203 g/mol. The van der Waals surface area contributed by atoms with E-state index < -0.39 is 0 Å². The minimum absolute atomic E-state index is 0.230. The summed E-state index contributed by atoms with van der Waals surface area (Å²) in [7, 11) is 0. The highest BCUT2D eigenvalue weighted by molar-refractivity contribution is 5.47. The molecule has 1 aromatic rings. The van der Waals surface area contributed by atoms with Crippen LogP contribution in [0.1, 0.15) is 24.5 Å². The van der Waals surface area contributed by atoms with Crippen LogP contribution in [-0.4, -0.2) is 19.2 Å². The Morgan fingerprint density at radius 3 is 3.20 bits per heavy atom. The van der Waals surface area contributed by atoms with Crippen LogP contribution in [-0.2, 0) is 5.41 Å². The lowest BCUT2D eigenvalue weighted by Crippen LogP contribution is -2.49. The molecule has 15 heavy (non-hydrogen) atoms. The highest BCUT2D eigenvalue weighted by Crippen LogP contribution is 2.46. The van der Waals surface area contributed by atoms with E-state index >= 15 is 0 Å². The van der Waals surface area contributed by atoms with Gasteiger partial charge in [0.05, 0.1) is 0 Å². The molecule has 2 heteroatoms. The average Bonchev–Trinajstić information content (AvgIpc) is 2.49. The first-order valence-corrected chi connectivity index (χ1v) is 5.69. The third-order valence-corrected chi connectivity index (χ3v) is 3.88. The van der Waals surface area contributed by atoms with Crippen molar-refractivity contribution in [2.75, 3.05) is 13.1 Å². The van der Waals surface area contributed by atoms with Crippen molar-refractivity contribution in [1.82, 2.24) is 5.32 Å². The van der Waals surface area contributed by atoms with Gasteiger partial charge >= 0.3 is 0 Å². The van der Waals surface area contributed by atoms with Crippen molar-refractivity contribution in [2.45, 2.75) is 31.8 Å². The number of piperidine rings is 1. The van der Waals surface area contributed by atoms with Gasteiger partial charge in [0, 0.05) is 17.5 Å². The highest BCUT2D eigenvalue weighted by Gasteiger charge is 2.46. The first-order valence-electron chi connectivity index (χ1n) is 5.69. The summed E-state index contributed by atoms with van der Waals surface area (Å²) >= 11 is 0. The van der Waals surface area contributed by atoms with Gasteiger partial charge in [0.2, 0.25) is 0 Å². The first kappa shape index (κ1) is 9.22. The Morgan fingerprint density at radius 2 is 2.33 bits per heavy atom. The Hall–Kier alpha value is -1.02. The number of aryl methyl sites for hydroxylation is 1. The van der Waals surface area contributed by atoms with Crippen LogP contribution in [0.25, 0.3) is 0 Å². The van der Waals surface area contributed by atoms with Gasteiger partial charge in [-0.2, -0.15) is 0 Å². The number of fused-ring (bicyclic) bond motifs is 3. The summed E-state index contributed by atoms with van der Waals surface area (Å²) in [5.74, 6) is 1.10. The van der Waals surface area contributed by atoms with E-state index in [1.165, 1.54) is 17.5 Å². The summed E-state index contributed by atoms with van der Waals surface area (Å²) in [6.07, 6.45) is 1.50. The number of hydrogen-bond acceptors (Lipinski definition) is 2. The fraction of sp³-hybridized carbons (Fsp3) is 0.538. The molecular weight excluding hydrogens is 186 g/mol. The molecule has 0 aromatic heterocycles. The normalized spacial score (nSPS) is 33.1. The minimum Gasteiger partial charge on any atom is -0.488 e. The summed E-state index contributed by atoms with van der Waals surface area (Å²) in [6, 6.07) is 6.60. The number of ether oxygens (including phenoxy) is 1. The molecule has 1 fully saturated rings. The van der Waals surface area contributed by atoms with Crippen LogP contribution < -0.4 is 10.1 Å². The van der Waals surface area contributed by atoms with Crippen molar-refractivity contribution in [3.05, 3.63) is 29.3 Å². The molecule has 2 heterocycles. The minimum atomic E-state index is 0.230. The van der Waals surface area contributed by atoms with Crippen LogP contribution >= 0.6 is 0 Å². The quantitative estimate of drug-likeness (QED) is 0.696. The second kappa shape index (κ2) is 2.99. The van der Waals surface area contributed by atoms with Gasteiger partial charge in [-0.1, -0.05) is 19.1 Å². The Labute approximate surface area is 90.6 Å². The maximum absolute atomic E-state index is 6.03. The van der Waals surface area contributed by atoms with E-state index in [9.17, 15) is 0 Å². The molecule has 80 valence electrons. The van der Waals surface area contributed by atoms with Crippen LogP contribution in [0.5, 0.6) is 5.75 Å². The SMILES string of the molecule is Cc1ccc2c(c1)OC1CNCCC21C. The van der Waals surface area contributed by atoms with E-state index in [4.69, 9.17) is 4.74 Å². The predicted molar refractivity (Wildman–Crippen MR) is 60.4 cm³/mol. The molecular formula is C13H17NO. The largest absolute Gasteiger partial charge is 0.488 e. The van der Waals surface area contributed by atoms with Gasteiger partial charge in [-0.15, -0.1) is 0 Å². The second-order valence-corrected chi connectivity index (χ2v) is 4.98. The molecule has 0 spiro atoms. The second-order valence-electron chi connectivity index (χ2n) is 4.98. The summed E-state index contributed by atoms with van der Waals surface area (Å²) in [6.45, 7) is 6.53. The van der Waals surface area contributed by atoms with Crippen LogP contribution in [0, 0.1) is 6.92 Å². The van der Waals surface area contributed by atoms with Crippen LogP contribution in [0.2, 0.25) is 0 Å². The Kier molecular flexibility index (Phi) is 1.84. The maximum atomic E-state index is 6.03. The third kappa shape index (κ3) is 1.21. The van der Waals surface area contributed by atoms with Crippen molar-refractivity contribution in [3.63, 3.8) is 0 Å². The lowest BCUT2D eigenvalue weighted by Gasteiger charge is -2.35. The smallest absolute Gasteiger partial charge is 0.123 e. The zero-order valence-corrected chi connectivity index (χ0v) is 9.34. The Bertz CT molecular complexity index is 402. The molecule has 3 rings (SSSR count). The van der Waals surface area contributed by atoms with E-state index in [0.29, 0.717) is 6.10 Å². The summed E-state index contributed by atoms with van der Waals surface area (Å²) < 4.78 is 6.03. The fourth-order valence-electron chi connectivity index (χ4n) is 2.80. The topological polar surface area (TPSA) is 21.3 Å². The monoisotopic (exact) mass is 203 g/mol. The van der Waals surface area contributed by atoms with E-state index in [1.54, 1.807) is 0 Å². The predicted octanol–water partition coefficient (Wildman–Crippen LogP) is 2.01. The molecule has 1 aromatic carbocycles. The van der Waals surface area contributed by atoms with Crippen molar-refractivity contribution in [2.24, 2.45) is 0 Å². The fourth-order valence-corrected chi connectivity index (χ4v) is 2.80. The van der Waals surface area contributed by atoms with Gasteiger partial charge in [-0.25, -0.2) is 0 Å². The highest BCUT2D eigenvalue weighted by atomic mass is 16.5. The Morgan fingerprint density at radius 1 is 1.47 bits per heavy atom. The number of nitrogens with one attached hydrogen (secondary N) is 1. The van der Waals surface area contributed by atoms with E-state index in [2.05, 4.69) is 37.4 Å². The van der Waals surface area contributed by atoms with E-state index in [0.717, 1.165) is 18.8 Å². The summed E-state index contributed by atoms with van der Waals surface area (Å²) in [5, 5.41) is 3.41. The zero-order valence-electron chi connectivity index (χ0n) is 9.34. The van der Waals surface area contributed by atoms with Crippen LogP contribution in [0.15, 0.2) is 18.2 Å². The molecule has 0 radical (unpaired) electrons. The van der Waals surface area contributed by atoms with Crippen molar-refractivity contribution < 1.29 is 4.74 Å². The van der Waals surface area contributed by atoms with Crippen molar-refractivity contribution >= 4 is 0 Å². The van der Waals surface area contributed by atoms with Gasteiger partial charge < -0.3 is 10.1 Å². The van der Waals surface area contributed by atoms with Crippen molar-refractivity contribution in [1.29, 1.82) is 0 Å². The van der Waals surface area contributed by atoms with E-state index in [1.807, 2.05) is 0 Å². The standard InChI is InChI=1S/C13H17NO/c1-9-3-4-10-11(7-9)15-12-8-14-6-5-13(10,12)2/h3-4,7,12,14H,5-6,8H2,1-2H3. The van der Waals surface area contributed by atoms with Crippen LogP contribution in [0.4, 0.5) is 0 Å². The first-order chi connectivity index (χ1) is 7.20. The maximum Gasteiger partial charge on any atom is 0.123 e. The van der Waals surface area contributed by atoms with Gasteiger partial charge in [-0.05, 0) is 31.5 Å². The molecule has 0 bridgehead atoms. The molecule has 0 amide bonds. The molecule has 1 saturated heterocycles. The molecule has 2 aliphatic rings. The lowest BCUT2D eigenvalue weighted by atomic mass is 9.74. The van der Waals surface area contributed by atoms with Crippen molar-refractivity contribution in [3.8, 4) is 5.75 Å². The summed E-state index contributed by atoms with van der Waals surface area (Å²) in [4.78, 5) is 0. The molecule has 2 atom stereocenters. The lowest BCUT2D eigenvalue weighted by molar-refractivity contribution is 0.124. The third-order valence-electron chi connectivity index (χ3n) is 3.88. The Balaban J connectivity index is 2.10. The molecule has 0 aliphatic carbocycles.